The highest BCUT2D eigenvalue weighted by Crippen LogP contribution is 2.19. The standard InChI is InChI=1S/C16H16N4O2/c21-15(18-13-6-8-17-9-7-13)12-19-10-11-20(16(19)22)14-4-2-1-3-5-14/h1-9H,10-12H2,(H,17,18,21). The van der Waals surface area contributed by atoms with Gasteiger partial charge in [-0.3, -0.25) is 14.7 Å². The zero-order valence-corrected chi connectivity index (χ0v) is 12.0. The van der Waals surface area contributed by atoms with E-state index < -0.39 is 0 Å². The molecular weight excluding hydrogens is 280 g/mol. The lowest BCUT2D eigenvalue weighted by atomic mass is 10.3. The summed E-state index contributed by atoms with van der Waals surface area (Å²) < 4.78 is 0. The number of benzene rings is 1. The van der Waals surface area contributed by atoms with Crippen molar-refractivity contribution in [3.63, 3.8) is 0 Å². The normalized spacial score (nSPS) is 14.3. The number of carbonyl (C=O) groups excluding carboxylic acids is 2. The Balaban J connectivity index is 1.60. The zero-order valence-electron chi connectivity index (χ0n) is 12.0. The molecule has 1 fully saturated rings. The summed E-state index contributed by atoms with van der Waals surface area (Å²) in [6.07, 6.45) is 3.21. The molecule has 3 rings (SSSR count). The van der Waals surface area contributed by atoms with Crippen LogP contribution in [0.1, 0.15) is 0 Å². The molecule has 1 aromatic heterocycles. The van der Waals surface area contributed by atoms with Crippen molar-refractivity contribution in [1.29, 1.82) is 0 Å². The molecule has 6 nitrogen and oxygen atoms in total. The molecular formula is C16H16N4O2. The topological polar surface area (TPSA) is 65.5 Å². The van der Waals surface area contributed by atoms with E-state index >= 15 is 0 Å². The first-order valence-corrected chi connectivity index (χ1v) is 7.05. The largest absolute Gasteiger partial charge is 0.325 e. The second-order valence-electron chi connectivity index (χ2n) is 4.98. The first-order chi connectivity index (χ1) is 10.7. The van der Waals surface area contributed by atoms with Gasteiger partial charge >= 0.3 is 6.03 Å². The van der Waals surface area contributed by atoms with Crippen molar-refractivity contribution in [2.75, 3.05) is 29.9 Å². The summed E-state index contributed by atoms with van der Waals surface area (Å²) in [6, 6.07) is 12.7. The quantitative estimate of drug-likeness (QED) is 0.938. The Morgan fingerprint density at radius 3 is 2.55 bits per heavy atom. The average molecular weight is 296 g/mol. The molecule has 0 atom stereocenters. The number of rotatable bonds is 4. The zero-order chi connectivity index (χ0) is 15.4. The fourth-order valence-corrected chi connectivity index (χ4v) is 2.39. The fourth-order valence-electron chi connectivity index (χ4n) is 2.39. The number of hydrogen-bond donors (Lipinski definition) is 1. The Hall–Kier alpha value is -2.89. The third-order valence-electron chi connectivity index (χ3n) is 3.46. The Bertz CT molecular complexity index is 660. The van der Waals surface area contributed by atoms with E-state index in [1.54, 1.807) is 34.3 Å². The van der Waals surface area contributed by atoms with Crippen LogP contribution in [-0.4, -0.2) is 41.5 Å². The molecule has 2 aromatic rings. The molecule has 1 aromatic carbocycles. The maximum atomic E-state index is 12.4. The summed E-state index contributed by atoms with van der Waals surface area (Å²) in [5, 5.41) is 2.75. The first-order valence-electron chi connectivity index (χ1n) is 7.05. The number of anilines is 2. The fraction of sp³-hybridized carbons (Fsp3) is 0.188. The van der Waals surface area contributed by atoms with Crippen LogP contribution in [0.5, 0.6) is 0 Å². The van der Waals surface area contributed by atoms with E-state index in [2.05, 4.69) is 10.3 Å². The van der Waals surface area contributed by atoms with Crippen molar-refractivity contribution in [2.24, 2.45) is 0 Å². The molecule has 0 radical (unpaired) electrons. The third-order valence-corrected chi connectivity index (χ3v) is 3.46. The van der Waals surface area contributed by atoms with Gasteiger partial charge in [0.25, 0.3) is 0 Å². The molecule has 1 aliphatic heterocycles. The van der Waals surface area contributed by atoms with Gasteiger partial charge in [-0.15, -0.1) is 0 Å². The minimum absolute atomic E-state index is 0.0461. The molecule has 0 bridgehead atoms. The number of carbonyl (C=O) groups is 2. The highest BCUT2D eigenvalue weighted by atomic mass is 16.2. The highest BCUT2D eigenvalue weighted by molar-refractivity contribution is 5.99. The smallest absolute Gasteiger partial charge is 0.324 e. The van der Waals surface area contributed by atoms with Crippen LogP contribution in [0.25, 0.3) is 0 Å². The minimum atomic E-state index is -0.213. The second kappa shape index (κ2) is 6.26. The molecule has 1 aliphatic rings. The number of para-hydroxylation sites is 1. The van der Waals surface area contributed by atoms with Gasteiger partial charge < -0.3 is 10.2 Å². The molecule has 3 amide bonds. The first kappa shape index (κ1) is 14.1. The number of nitrogens with one attached hydrogen (secondary N) is 1. The molecule has 0 spiro atoms. The van der Waals surface area contributed by atoms with Crippen LogP contribution in [-0.2, 0) is 4.79 Å². The number of aromatic nitrogens is 1. The molecule has 0 saturated carbocycles. The summed E-state index contributed by atoms with van der Waals surface area (Å²) >= 11 is 0. The van der Waals surface area contributed by atoms with Gasteiger partial charge in [0.15, 0.2) is 0 Å². The van der Waals surface area contributed by atoms with Gasteiger partial charge in [0, 0.05) is 36.9 Å². The summed E-state index contributed by atoms with van der Waals surface area (Å²) in [5.74, 6) is -0.213. The SMILES string of the molecule is O=C(CN1CCN(c2ccccc2)C1=O)Nc1ccncc1. The average Bonchev–Trinajstić information content (AvgIpc) is 2.90. The predicted octanol–water partition coefficient (Wildman–Crippen LogP) is 1.96. The molecule has 1 saturated heterocycles. The summed E-state index contributed by atoms with van der Waals surface area (Å²) in [6.45, 7) is 1.17. The maximum Gasteiger partial charge on any atom is 0.325 e. The Morgan fingerprint density at radius 1 is 1.09 bits per heavy atom. The molecule has 0 aliphatic carbocycles. The maximum absolute atomic E-state index is 12.4. The molecule has 1 N–H and O–H groups in total. The van der Waals surface area contributed by atoms with Gasteiger partial charge in [-0.1, -0.05) is 18.2 Å². The van der Waals surface area contributed by atoms with Gasteiger partial charge in [-0.05, 0) is 24.3 Å². The van der Waals surface area contributed by atoms with Crippen molar-refractivity contribution in [3.05, 3.63) is 54.9 Å². The molecule has 22 heavy (non-hydrogen) atoms. The lowest BCUT2D eigenvalue weighted by Gasteiger charge is -2.18. The van der Waals surface area contributed by atoms with Crippen molar-refractivity contribution in [2.45, 2.75) is 0 Å². The molecule has 0 unspecified atom stereocenters. The van der Waals surface area contributed by atoms with Crippen LogP contribution in [0.3, 0.4) is 0 Å². The van der Waals surface area contributed by atoms with Crippen molar-refractivity contribution >= 4 is 23.3 Å². The lowest BCUT2D eigenvalue weighted by molar-refractivity contribution is -0.116. The van der Waals surface area contributed by atoms with Crippen LogP contribution in [0.2, 0.25) is 0 Å². The van der Waals surface area contributed by atoms with E-state index in [0.29, 0.717) is 18.8 Å². The van der Waals surface area contributed by atoms with E-state index in [1.807, 2.05) is 30.3 Å². The van der Waals surface area contributed by atoms with Gasteiger partial charge in [0.2, 0.25) is 5.91 Å². The van der Waals surface area contributed by atoms with Crippen molar-refractivity contribution < 1.29 is 9.59 Å². The van der Waals surface area contributed by atoms with E-state index in [4.69, 9.17) is 0 Å². The minimum Gasteiger partial charge on any atom is -0.324 e. The summed E-state index contributed by atoms with van der Waals surface area (Å²) in [7, 11) is 0. The number of pyridine rings is 1. The monoisotopic (exact) mass is 296 g/mol. The predicted molar refractivity (Wildman–Crippen MR) is 83.6 cm³/mol. The van der Waals surface area contributed by atoms with Crippen LogP contribution >= 0.6 is 0 Å². The van der Waals surface area contributed by atoms with Gasteiger partial charge in [-0.25, -0.2) is 4.79 Å². The van der Waals surface area contributed by atoms with E-state index in [9.17, 15) is 9.59 Å². The molecule has 112 valence electrons. The van der Waals surface area contributed by atoms with Crippen LogP contribution in [0.4, 0.5) is 16.2 Å². The second-order valence-corrected chi connectivity index (χ2v) is 4.98. The van der Waals surface area contributed by atoms with Gasteiger partial charge in [0.1, 0.15) is 6.54 Å². The Kier molecular flexibility index (Phi) is 4.00. The van der Waals surface area contributed by atoms with Crippen LogP contribution in [0, 0.1) is 0 Å². The third kappa shape index (κ3) is 3.06. The van der Waals surface area contributed by atoms with Gasteiger partial charge in [-0.2, -0.15) is 0 Å². The number of nitrogens with zero attached hydrogens (tertiary/aromatic N) is 3. The Morgan fingerprint density at radius 2 is 1.82 bits per heavy atom. The van der Waals surface area contributed by atoms with E-state index in [1.165, 1.54) is 0 Å². The van der Waals surface area contributed by atoms with Crippen LogP contribution in [0.15, 0.2) is 54.9 Å². The van der Waals surface area contributed by atoms with Crippen LogP contribution < -0.4 is 10.2 Å². The summed E-state index contributed by atoms with van der Waals surface area (Å²) in [4.78, 5) is 31.5. The summed E-state index contributed by atoms with van der Waals surface area (Å²) in [5.41, 5.74) is 1.52. The van der Waals surface area contributed by atoms with Crippen molar-refractivity contribution in [3.8, 4) is 0 Å². The van der Waals surface area contributed by atoms with Crippen molar-refractivity contribution in [1.82, 2.24) is 9.88 Å². The molecule has 2 heterocycles. The molecule has 6 heteroatoms. The Labute approximate surface area is 128 Å². The number of hydrogen-bond acceptors (Lipinski definition) is 3. The number of urea groups is 1. The number of amides is 3. The highest BCUT2D eigenvalue weighted by Gasteiger charge is 2.30. The lowest BCUT2D eigenvalue weighted by Crippen LogP contribution is -2.37. The van der Waals surface area contributed by atoms with Gasteiger partial charge in [0.05, 0.1) is 0 Å². The van der Waals surface area contributed by atoms with E-state index in [0.717, 1.165) is 5.69 Å². The van der Waals surface area contributed by atoms with E-state index in [-0.39, 0.29) is 18.5 Å².